The molecule has 108 valence electrons. The maximum absolute atomic E-state index is 11.7. The summed E-state index contributed by atoms with van der Waals surface area (Å²) < 4.78 is 0. The predicted octanol–water partition coefficient (Wildman–Crippen LogP) is 0.696. The number of amides is 2. The molecule has 1 rings (SSSR count). The minimum absolute atomic E-state index is 0.212. The van der Waals surface area contributed by atoms with Crippen LogP contribution in [0.2, 0.25) is 0 Å². The maximum Gasteiger partial charge on any atom is 0.322 e. The van der Waals surface area contributed by atoms with Crippen molar-refractivity contribution in [2.24, 2.45) is 0 Å². The highest BCUT2D eigenvalue weighted by atomic mass is 32.2. The Morgan fingerprint density at radius 3 is 2.45 bits per heavy atom. The van der Waals surface area contributed by atoms with Crippen molar-refractivity contribution in [3.63, 3.8) is 0 Å². The lowest BCUT2D eigenvalue weighted by atomic mass is 10.2. The summed E-state index contributed by atoms with van der Waals surface area (Å²) in [6.45, 7) is 1.25. The minimum Gasteiger partial charge on any atom is -0.480 e. The number of rotatable bonds is 7. The van der Waals surface area contributed by atoms with Crippen molar-refractivity contribution in [3.05, 3.63) is 35.9 Å². The van der Waals surface area contributed by atoms with Crippen molar-refractivity contribution < 1.29 is 19.5 Å². The van der Waals surface area contributed by atoms with Crippen LogP contribution >= 0.6 is 11.8 Å². The van der Waals surface area contributed by atoms with Gasteiger partial charge >= 0.3 is 5.97 Å². The quantitative estimate of drug-likeness (QED) is 0.644. The third-order valence-electron chi connectivity index (χ3n) is 2.39. The lowest BCUT2D eigenvalue weighted by Crippen LogP contribution is -2.36. The molecule has 0 spiro atoms. The molecule has 1 atom stereocenters. The third-order valence-corrected chi connectivity index (χ3v) is 3.41. The Kier molecular flexibility index (Phi) is 6.58. The van der Waals surface area contributed by atoms with E-state index in [1.807, 2.05) is 6.07 Å². The third kappa shape index (κ3) is 5.75. The summed E-state index contributed by atoms with van der Waals surface area (Å²) in [6, 6.07) is 8.75. The highest BCUT2D eigenvalue weighted by molar-refractivity contribution is 8.00. The van der Waals surface area contributed by atoms with E-state index in [0.717, 1.165) is 0 Å². The molecule has 7 heteroatoms. The van der Waals surface area contributed by atoms with Crippen LogP contribution < -0.4 is 10.6 Å². The van der Waals surface area contributed by atoms with E-state index in [4.69, 9.17) is 5.11 Å². The molecule has 0 bridgehead atoms. The van der Waals surface area contributed by atoms with Gasteiger partial charge in [0, 0.05) is 5.56 Å². The van der Waals surface area contributed by atoms with Crippen LogP contribution in [-0.2, 0) is 9.59 Å². The Morgan fingerprint density at radius 2 is 1.85 bits per heavy atom. The fraction of sp³-hybridized carbons (Fsp3) is 0.308. The first-order valence-electron chi connectivity index (χ1n) is 5.95. The molecular formula is C13H16N2O4S. The second-order valence-corrected chi connectivity index (χ2v) is 5.27. The number of hydrogen-bond donors (Lipinski definition) is 3. The fourth-order valence-corrected chi connectivity index (χ4v) is 2.01. The zero-order valence-electron chi connectivity index (χ0n) is 11.0. The maximum atomic E-state index is 11.7. The molecule has 0 radical (unpaired) electrons. The SMILES string of the molecule is CC(SCNC(=O)c1ccccc1)C(=O)NCC(=O)O. The number of nitrogens with one attached hydrogen (secondary N) is 2. The number of carboxylic acid groups (broad SMARTS) is 1. The molecule has 0 heterocycles. The first kappa shape index (κ1) is 16.0. The van der Waals surface area contributed by atoms with Crippen LogP contribution in [0.4, 0.5) is 0 Å². The van der Waals surface area contributed by atoms with Gasteiger partial charge in [0.2, 0.25) is 5.91 Å². The Balaban J connectivity index is 2.28. The Bertz CT molecular complexity index is 479. The molecule has 1 aromatic carbocycles. The van der Waals surface area contributed by atoms with Gasteiger partial charge in [-0.3, -0.25) is 14.4 Å². The zero-order chi connectivity index (χ0) is 15.0. The average molecular weight is 296 g/mol. The number of carbonyl (C=O) groups excluding carboxylic acids is 2. The Morgan fingerprint density at radius 1 is 1.20 bits per heavy atom. The molecule has 0 fully saturated rings. The van der Waals surface area contributed by atoms with Gasteiger partial charge in [-0.1, -0.05) is 18.2 Å². The van der Waals surface area contributed by atoms with Gasteiger partial charge in [0.15, 0.2) is 0 Å². The van der Waals surface area contributed by atoms with Gasteiger partial charge in [-0.15, -0.1) is 11.8 Å². The van der Waals surface area contributed by atoms with Crippen molar-refractivity contribution in [2.75, 3.05) is 12.4 Å². The summed E-state index contributed by atoms with van der Waals surface area (Å²) in [5.41, 5.74) is 0.552. The molecule has 0 saturated carbocycles. The van der Waals surface area contributed by atoms with Gasteiger partial charge in [0.05, 0.1) is 11.1 Å². The molecule has 20 heavy (non-hydrogen) atoms. The van der Waals surface area contributed by atoms with Crippen molar-refractivity contribution in [1.29, 1.82) is 0 Å². The highest BCUT2D eigenvalue weighted by Gasteiger charge is 2.14. The molecular weight excluding hydrogens is 280 g/mol. The van der Waals surface area contributed by atoms with E-state index in [1.54, 1.807) is 31.2 Å². The predicted molar refractivity (Wildman–Crippen MR) is 76.5 cm³/mol. The summed E-state index contributed by atoms with van der Waals surface area (Å²) in [4.78, 5) is 33.5. The van der Waals surface area contributed by atoms with Gasteiger partial charge in [0.1, 0.15) is 6.54 Å². The number of carboxylic acids is 1. The van der Waals surface area contributed by atoms with Crippen molar-refractivity contribution in [1.82, 2.24) is 10.6 Å². The van der Waals surface area contributed by atoms with E-state index in [1.165, 1.54) is 11.8 Å². The van der Waals surface area contributed by atoms with Gasteiger partial charge in [-0.2, -0.15) is 0 Å². The van der Waals surface area contributed by atoms with Crippen LogP contribution in [0.3, 0.4) is 0 Å². The van der Waals surface area contributed by atoms with Crippen LogP contribution in [0.15, 0.2) is 30.3 Å². The van der Waals surface area contributed by atoms with E-state index in [-0.39, 0.29) is 17.7 Å². The molecule has 1 aromatic rings. The smallest absolute Gasteiger partial charge is 0.322 e. The van der Waals surface area contributed by atoms with Crippen LogP contribution in [0.25, 0.3) is 0 Å². The lowest BCUT2D eigenvalue weighted by Gasteiger charge is -2.11. The van der Waals surface area contributed by atoms with E-state index in [2.05, 4.69) is 10.6 Å². The first-order valence-corrected chi connectivity index (χ1v) is 7.00. The molecule has 0 saturated heterocycles. The van der Waals surface area contributed by atoms with E-state index >= 15 is 0 Å². The standard InChI is InChI=1S/C13H16N2O4S/c1-9(12(18)14-7-11(16)17)20-8-15-13(19)10-5-3-2-4-6-10/h2-6,9H,7-8H2,1H3,(H,14,18)(H,15,19)(H,16,17). The second kappa shape index (κ2) is 8.21. The summed E-state index contributed by atoms with van der Waals surface area (Å²) in [7, 11) is 0. The Hall–Kier alpha value is -2.02. The normalized spacial score (nSPS) is 11.4. The van der Waals surface area contributed by atoms with Gasteiger partial charge < -0.3 is 15.7 Å². The monoisotopic (exact) mass is 296 g/mol. The van der Waals surface area contributed by atoms with E-state index in [9.17, 15) is 14.4 Å². The number of benzene rings is 1. The number of thioether (sulfide) groups is 1. The van der Waals surface area contributed by atoms with Gasteiger partial charge in [0.25, 0.3) is 5.91 Å². The topological polar surface area (TPSA) is 95.5 Å². The number of aliphatic carboxylic acids is 1. The molecule has 6 nitrogen and oxygen atoms in total. The lowest BCUT2D eigenvalue weighted by molar-refractivity contribution is -0.137. The summed E-state index contributed by atoms with van der Waals surface area (Å²) in [5, 5.41) is 13.0. The summed E-state index contributed by atoms with van der Waals surface area (Å²) >= 11 is 1.22. The van der Waals surface area contributed by atoms with Crippen molar-refractivity contribution in [3.8, 4) is 0 Å². The summed E-state index contributed by atoms with van der Waals surface area (Å²) in [5.74, 6) is -1.40. The van der Waals surface area contributed by atoms with Crippen LogP contribution in [-0.4, -0.2) is 40.6 Å². The largest absolute Gasteiger partial charge is 0.480 e. The fourth-order valence-electron chi connectivity index (χ4n) is 1.31. The highest BCUT2D eigenvalue weighted by Crippen LogP contribution is 2.09. The molecule has 0 aliphatic carbocycles. The Labute approximate surface area is 120 Å². The van der Waals surface area contributed by atoms with E-state index in [0.29, 0.717) is 5.56 Å². The average Bonchev–Trinajstić information content (AvgIpc) is 2.45. The van der Waals surface area contributed by atoms with Crippen LogP contribution in [0, 0.1) is 0 Å². The molecule has 0 aliphatic rings. The molecule has 0 aromatic heterocycles. The second-order valence-electron chi connectivity index (χ2n) is 3.94. The molecule has 1 unspecified atom stereocenters. The van der Waals surface area contributed by atoms with Gasteiger partial charge in [-0.25, -0.2) is 0 Å². The zero-order valence-corrected chi connectivity index (χ0v) is 11.8. The molecule has 0 aliphatic heterocycles. The van der Waals surface area contributed by atoms with Crippen molar-refractivity contribution >= 4 is 29.5 Å². The van der Waals surface area contributed by atoms with Crippen molar-refractivity contribution in [2.45, 2.75) is 12.2 Å². The molecule has 3 N–H and O–H groups in total. The first-order chi connectivity index (χ1) is 9.50. The minimum atomic E-state index is -1.09. The van der Waals surface area contributed by atoms with E-state index < -0.39 is 17.8 Å². The summed E-state index contributed by atoms with van der Waals surface area (Å²) in [6.07, 6.45) is 0. The van der Waals surface area contributed by atoms with Crippen LogP contribution in [0.5, 0.6) is 0 Å². The van der Waals surface area contributed by atoms with Crippen LogP contribution in [0.1, 0.15) is 17.3 Å². The molecule has 2 amide bonds. The number of hydrogen-bond acceptors (Lipinski definition) is 4. The number of carbonyl (C=O) groups is 3. The van der Waals surface area contributed by atoms with Gasteiger partial charge in [-0.05, 0) is 19.1 Å².